The van der Waals surface area contributed by atoms with Gasteiger partial charge in [0.25, 0.3) is 5.76 Å². The van der Waals surface area contributed by atoms with Gasteiger partial charge in [0.2, 0.25) is 11.2 Å². The fourth-order valence-electron chi connectivity index (χ4n) is 5.12. The molecule has 0 amide bonds. The number of halogens is 3. The molecule has 218 valence electrons. The molecule has 4 aromatic rings. The Morgan fingerprint density at radius 2 is 1.63 bits per heavy atom. The molecule has 8 heteroatoms. The molecule has 1 N–H and O–H groups in total. The molecule has 0 spiro atoms. The molecule has 3 aromatic carbocycles. The van der Waals surface area contributed by atoms with Gasteiger partial charge in [-0.25, -0.2) is 0 Å². The van der Waals surface area contributed by atoms with E-state index in [2.05, 4.69) is 6.92 Å². The van der Waals surface area contributed by atoms with E-state index in [4.69, 9.17) is 9.15 Å². The zero-order chi connectivity index (χ0) is 29.7. The smallest absolute Gasteiger partial charge is 0.453 e. The average molecular weight is 568 g/mol. The van der Waals surface area contributed by atoms with Crippen molar-refractivity contribution in [2.24, 2.45) is 0 Å². The number of benzene rings is 3. The van der Waals surface area contributed by atoms with E-state index in [0.29, 0.717) is 18.5 Å². The van der Waals surface area contributed by atoms with Crippen molar-refractivity contribution in [2.75, 3.05) is 7.05 Å². The molecular weight excluding hydrogens is 531 g/mol. The number of hydrogen-bond donors (Lipinski definition) is 1. The molecule has 1 aromatic heterocycles. The van der Waals surface area contributed by atoms with Crippen LogP contribution in [0.4, 0.5) is 13.2 Å². The first kappa shape index (κ1) is 30.2. The Labute approximate surface area is 238 Å². The Balaban J connectivity index is 1.88. The van der Waals surface area contributed by atoms with Crippen LogP contribution < -0.4 is 10.2 Å². The lowest BCUT2D eigenvalue weighted by molar-refractivity contribution is -0.154. The van der Waals surface area contributed by atoms with E-state index >= 15 is 0 Å². The monoisotopic (exact) mass is 567 g/mol. The maximum Gasteiger partial charge on any atom is 0.453 e. The van der Waals surface area contributed by atoms with Gasteiger partial charge in [0.15, 0.2) is 0 Å². The molecule has 0 saturated heterocycles. The quantitative estimate of drug-likeness (QED) is 0.184. The number of fused-ring (bicyclic) bond motifs is 1. The van der Waals surface area contributed by atoms with Gasteiger partial charge in [0.1, 0.15) is 17.1 Å². The highest BCUT2D eigenvalue weighted by molar-refractivity contribution is 5.85. The minimum absolute atomic E-state index is 0.0521. The minimum Gasteiger partial charge on any atom is -0.507 e. The predicted octanol–water partition coefficient (Wildman–Crippen LogP) is 8.68. The number of hydrogen-bond acceptors (Lipinski definition) is 5. The van der Waals surface area contributed by atoms with E-state index in [9.17, 15) is 23.1 Å². The molecule has 4 rings (SSSR count). The topological polar surface area (TPSA) is 62.9 Å². The van der Waals surface area contributed by atoms with Crippen molar-refractivity contribution in [1.29, 1.82) is 0 Å². The van der Waals surface area contributed by atoms with E-state index in [1.807, 2.05) is 41.3 Å². The zero-order valence-electron chi connectivity index (χ0n) is 23.9. The van der Waals surface area contributed by atoms with E-state index < -0.39 is 23.1 Å². The second-order valence-corrected chi connectivity index (χ2v) is 10.7. The molecule has 0 bridgehead atoms. The SMILES string of the molecule is CCCCCCc1cc2c(=O)c(Oc3cc(C)cc(C)c3)c(C(F)(F)F)oc2c(CN(C)Cc2ccccc2)c1O. The fraction of sp³-hybridized carbons (Fsp3) is 0.364. The second kappa shape index (κ2) is 12.8. The highest BCUT2D eigenvalue weighted by Crippen LogP contribution is 2.41. The van der Waals surface area contributed by atoms with Crippen molar-refractivity contribution in [2.45, 2.75) is 72.1 Å². The number of phenols is 1. The van der Waals surface area contributed by atoms with Crippen molar-refractivity contribution in [3.05, 3.63) is 98.4 Å². The average Bonchev–Trinajstić information content (AvgIpc) is 2.89. The molecule has 1 heterocycles. The van der Waals surface area contributed by atoms with Gasteiger partial charge in [-0.1, -0.05) is 62.6 Å². The number of aryl methyl sites for hydroxylation is 3. The lowest BCUT2D eigenvalue weighted by Crippen LogP contribution is -2.20. The highest BCUT2D eigenvalue weighted by Gasteiger charge is 2.41. The third-order valence-electron chi connectivity index (χ3n) is 6.98. The first-order chi connectivity index (χ1) is 19.5. The van der Waals surface area contributed by atoms with Crippen LogP contribution >= 0.6 is 0 Å². The molecule has 0 fully saturated rings. The normalized spacial score (nSPS) is 11.9. The summed E-state index contributed by atoms with van der Waals surface area (Å²) in [7, 11) is 1.80. The Kier molecular flexibility index (Phi) is 9.43. The van der Waals surface area contributed by atoms with Gasteiger partial charge >= 0.3 is 6.18 Å². The van der Waals surface area contributed by atoms with Crippen molar-refractivity contribution in [3.63, 3.8) is 0 Å². The molecule has 0 radical (unpaired) electrons. The van der Waals surface area contributed by atoms with E-state index in [0.717, 1.165) is 42.4 Å². The predicted molar refractivity (Wildman–Crippen MR) is 155 cm³/mol. The number of nitrogens with zero attached hydrogens (tertiary/aromatic N) is 1. The Morgan fingerprint density at radius 1 is 0.951 bits per heavy atom. The summed E-state index contributed by atoms with van der Waals surface area (Å²) in [6, 6.07) is 16.0. The molecule has 0 atom stereocenters. The number of ether oxygens (including phenoxy) is 1. The van der Waals surface area contributed by atoms with Gasteiger partial charge in [-0.3, -0.25) is 9.69 Å². The minimum atomic E-state index is -5.01. The standard InChI is InChI=1S/C33H36F3NO4/c1-5-6-7-11-14-24-18-26-29(39)31(40-25-16-21(2)15-22(3)17-25)32(33(34,35)36)41-30(26)27(28(24)38)20-37(4)19-23-12-9-8-10-13-23/h8-10,12-13,15-18,38H,5-7,11,14,19-20H2,1-4H3. The van der Waals surface area contributed by atoms with Crippen LogP contribution in [0.15, 0.2) is 63.8 Å². The van der Waals surface area contributed by atoms with Crippen LogP contribution in [0.1, 0.15) is 66.2 Å². The first-order valence-corrected chi connectivity index (χ1v) is 13.9. The van der Waals surface area contributed by atoms with Gasteiger partial charge in [-0.2, -0.15) is 13.2 Å². The summed E-state index contributed by atoms with van der Waals surface area (Å²) in [5.41, 5.74) is 1.98. The van der Waals surface area contributed by atoms with Crippen molar-refractivity contribution in [3.8, 4) is 17.2 Å². The van der Waals surface area contributed by atoms with Gasteiger partial charge in [0.05, 0.1) is 10.9 Å². The van der Waals surface area contributed by atoms with Gasteiger partial charge in [-0.15, -0.1) is 0 Å². The summed E-state index contributed by atoms with van der Waals surface area (Å²) in [4.78, 5) is 15.6. The van der Waals surface area contributed by atoms with Crippen LogP contribution in [0.25, 0.3) is 11.0 Å². The van der Waals surface area contributed by atoms with Gasteiger partial charge < -0.3 is 14.3 Å². The van der Waals surface area contributed by atoms with Crippen LogP contribution in [-0.4, -0.2) is 17.1 Å². The summed E-state index contributed by atoms with van der Waals surface area (Å²) < 4.78 is 54.1. The highest BCUT2D eigenvalue weighted by atomic mass is 19.4. The van der Waals surface area contributed by atoms with Crippen molar-refractivity contribution < 1.29 is 27.4 Å². The maximum absolute atomic E-state index is 14.3. The second-order valence-electron chi connectivity index (χ2n) is 10.7. The summed E-state index contributed by atoms with van der Waals surface area (Å²) in [6.07, 6.45) is -0.785. The summed E-state index contributed by atoms with van der Waals surface area (Å²) in [6.45, 7) is 6.22. The van der Waals surface area contributed by atoms with Crippen molar-refractivity contribution >= 4 is 11.0 Å². The molecule has 0 aliphatic rings. The Hall–Kier alpha value is -3.78. The number of aromatic hydroxyl groups is 1. The van der Waals surface area contributed by atoms with E-state index in [1.54, 1.807) is 33.0 Å². The summed E-state index contributed by atoms with van der Waals surface area (Å²) in [5.74, 6) is -2.48. The molecule has 41 heavy (non-hydrogen) atoms. The lowest BCUT2D eigenvalue weighted by atomic mass is 9.98. The number of rotatable bonds is 11. The van der Waals surface area contributed by atoms with Crippen LogP contribution in [0.2, 0.25) is 0 Å². The number of unbranched alkanes of at least 4 members (excludes halogenated alkanes) is 3. The van der Waals surface area contributed by atoms with Crippen LogP contribution in [-0.2, 0) is 25.7 Å². The van der Waals surface area contributed by atoms with Crippen molar-refractivity contribution in [1.82, 2.24) is 4.90 Å². The van der Waals surface area contributed by atoms with Crippen LogP contribution in [0, 0.1) is 13.8 Å². The van der Waals surface area contributed by atoms with Crippen LogP contribution in [0.3, 0.4) is 0 Å². The largest absolute Gasteiger partial charge is 0.507 e. The first-order valence-electron chi connectivity index (χ1n) is 13.9. The molecule has 0 unspecified atom stereocenters. The van der Waals surface area contributed by atoms with Gasteiger partial charge in [0, 0.05) is 13.1 Å². The Bertz CT molecular complexity index is 1540. The number of phenolic OH excluding ortho intramolecular Hbond substituents is 1. The third-order valence-corrected chi connectivity index (χ3v) is 6.98. The lowest BCUT2D eigenvalue weighted by Gasteiger charge is -2.21. The summed E-state index contributed by atoms with van der Waals surface area (Å²) >= 11 is 0. The molecular formula is C33H36F3NO4. The molecule has 0 aliphatic heterocycles. The molecule has 0 aliphatic carbocycles. The third kappa shape index (κ3) is 7.30. The van der Waals surface area contributed by atoms with Gasteiger partial charge in [-0.05, 0) is 74.2 Å². The molecule has 5 nitrogen and oxygen atoms in total. The fourth-order valence-corrected chi connectivity index (χ4v) is 5.12. The van der Waals surface area contributed by atoms with E-state index in [-0.39, 0.29) is 34.6 Å². The zero-order valence-corrected chi connectivity index (χ0v) is 23.9. The summed E-state index contributed by atoms with van der Waals surface area (Å²) in [5, 5.41) is 11.3. The molecule has 0 saturated carbocycles. The van der Waals surface area contributed by atoms with Crippen LogP contribution in [0.5, 0.6) is 17.2 Å². The number of alkyl halides is 3. The van der Waals surface area contributed by atoms with E-state index in [1.165, 1.54) is 6.07 Å². The Morgan fingerprint density at radius 3 is 2.27 bits per heavy atom. The maximum atomic E-state index is 14.3.